The van der Waals surface area contributed by atoms with E-state index in [9.17, 15) is 0 Å². The molecule has 4 rings (SSSR count). The Morgan fingerprint density at radius 2 is 2.16 bits per heavy atom. The van der Waals surface area contributed by atoms with E-state index < -0.39 is 0 Å². The summed E-state index contributed by atoms with van der Waals surface area (Å²) >= 11 is 0. The van der Waals surface area contributed by atoms with Crippen molar-refractivity contribution in [3.63, 3.8) is 0 Å². The molecule has 0 amide bonds. The molecule has 5 nitrogen and oxygen atoms in total. The molecule has 1 unspecified atom stereocenters. The van der Waals surface area contributed by atoms with Gasteiger partial charge in [0.1, 0.15) is 0 Å². The summed E-state index contributed by atoms with van der Waals surface area (Å²) in [6.07, 6.45) is 11.8. The Kier molecular flexibility index (Phi) is 2.65. The van der Waals surface area contributed by atoms with Gasteiger partial charge in [0.2, 0.25) is 0 Å². The number of nitrogens with zero attached hydrogens (tertiary/aromatic N) is 5. The zero-order valence-electron chi connectivity index (χ0n) is 11.0. The Balaban J connectivity index is 1.42. The highest BCUT2D eigenvalue weighted by molar-refractivity contribution is 5.04. The molecule has 0 N–H and O–H groups in total. The smallest absolute Gasteiger partial charge is 0.0951 e. The summed E-state index contributed by atoms with van der Waals surface area (Å²) in [5.74, 6) is 0. The second kappa shape index (κ2) is 4.49. The van der Waals surface area contributed by atoms with Gasteiger partial charge in [-0.25, -0.2) is 4.98 Å². The molecule has 0 bridgehead atoms. The third-order valence-corrected chi connectivity index (χ3v) is 4.22. The lowest BCUT2D eigenvalue weighted by Gasteiger charge is -2.17. The SMILES string of the molecule is c1cnn(C2CCN(Cc3cncn3C3CC3)C2)c1. The number of imidazole rings is 1. The Hall–Kier alpha value is -1.62. The van der Waals surface area contributed by atoms with Crippen LogP contribution in [-0.4, -0.2) is 37.3 Å². The summed E-state index contributed by atoms with van der Waals surface area (Å²) in [5, 5.41) is 4.36. The van der Waals surface area contributed by atoms with Gasteiger partial charge in [-0.15, -0.1) is 0 Å². The van der Waals surface area contributed by atoms with Crippen LogP contribution in [0.4, 0.5) is 0 Å². The first-order chi connectivity index (χ1) is 9.40. The molecule has 2 aliphatic rings. The summed E-state index contributed by atoms with van der Waals surface area (Å²) in [5.41, 5.74) is 1.36. The van der Waals surface area contributed by atoms with Gasteiger partial charge in [0.05, 0.1) is 18.1 Å². The summed E-state index contributed by atoms with van der Waals surface area (Å²) in [6.45, 7) is 3.27. The Bertz CT molecular complexity index is 540. The van der Waals surface area contributed by atoms with Crippen LogP contribution in [0.1, 0.15) is 37.0 Å². The predicted octanol–water partition coefficient (Wildman–Crippen LogP) is 1.86. The standard InChI is InChI=1S/C14H19N5/c1-5-16-19(6-1)13-4-7-17(9-13)10-14-8-15-11-18(14)12-2-3-12/h1,5-6,8,11-13H,2-4,7,9-10H2. The molecule has 2 fully saturated rings. The Labute approximate surface area is 112 Å². The Morgan fingerprint density at radius 1 is 1.21 bits per heavy atom. The van der Waals surface area contributed by atoms with Gasteiger partial charge >= 0.3 is 0 Å². The molecule has 0 spiro atoms. The van der Waals surface area contributed by atoms with Crippen LogP contribution in [0.3, 0.4) is 0 Å². The van der Waals surface area contributed by atoms with Gasteiger partial charge < -0.3 is 4.57 Å². The minimum Gasteiger partial charge on any atom is -0.330 e. The molecule has 2 aromatic heterocycles. The lowest BCUT2D eigenvalue weighted by molar-refractivity contribution is 0.303. The van der Waals surface area contributed by atoms with Crippen molar-refractivity contribution in [3.05, 3.63) is 36.7 Å². The summed E-state index contributed by atoms with van der Waals surface area (Å²) < 4.78 is 4.46. The molecular weight excluding hydrogens is 238 g/mol. The van der Waals surface area contributed by atoms with Crippen molar-refractivity contribution in [2.75, 3.05) is 13.1 Å². The molecule has 0 radical (unpaired) electrons. The van der Waals surface area contributed by atoms with E-state index >= 15 is 0 Å². The lowest BCUT2D eigenvalue weighted by Crippen LogP contribution is -2.22. The van der Waals surface area contributed by atoms with Crippen molar-refractivity contribution >= 4 is 0 Å². The van der Waals surface area contributed by atoms with Crippen LogP contribution in [0.2, 0.25) is 0 Å². The highest BCUT2D eigenvalue weighted by atomic mass is 15.3. The van der Waals surface area contributed by atoms with Crippen LogP contribution < -0.4 is 0 Å². The van der Waals surface area contributed by atoms with E-state index in [0.717, 1.165) is 25.7 Å². The van der Waals surface area contributed by atoms with E-state index in [1.54, 1.807) is 0 Å². The topological polar surface area (TPSA) is 38.9 Å². The monoisotopic (exact) mass is 257 g/mol. The van der Waals surface area contributed by atoms with Crippen LogP contribution in [0, 0.1) is 0 Å². The van der Waals surface area contributed by atoms with Gasteiger partial charge in [0.15, 0.2) is 0 Å². The van der Waals surface area contributed by atoms with E-state index in [2.05, 4.69) is 30.4 Å². The largest absolute Gasteiger partial charge is 0.330 e. The van der Waals surface area contributed by atoms with Gasteiger partial charge in [-0.1, -0.05) is 0 Å². The van der Waals surface area contributed by atoms with E-state index in [-0.39, 0.29) is 0 Å². The van der Waals surface area contributed by atoms with Crippen molar-refractivity contribution < 1.29 is 0 Å². The fraction of sp³-hybridized carbons (Fsp3) is 0.571. The molecule has 19 heavy (non-hydrogen) atoms. The molecule has 1 atom stereocenters. The number of likely N-dealkylation sites (tertiary alicyclic amines) is 1. The zero-order chi connectivity index (χ0) is 12.7. The van der Waals surface area contributed by atoms with Gasteiger partial charge in [-0.05, 0) is 25.3 Å². The van der Waals surface area contributed by atoms with E-state index in [1.165, 1.54) is 25.0 Å². The zero-order valence-corrected chi connectivity index (χ0v) is 11.0. The maximum absolute atomic E-state index is 4.36. The van der Waals surface area contributed by atoms with Crippen molar-refractivity contribution in [2.45, 2.75) is 37.9 Å². The third-order valence-electron chi connectivity index (χ3n) is 4.22. The number of aromatic nitrogens is 4. The van der Waals surface area contributed by atoms with Crippen LogP contribution in [-0.2, 0) is 6.54 Å². The molecule has 0 aromatic carbocycles. The lowest BCUT2D eigenvalue weighted by atomic mass is 10.3. The average Bonchev–Trinajstić information content (AvgIpc) is 2.91. The third kappa shape index (κ3) is 2.18. The first-order valence-electron chi connectivity index (χ1n) is 7.12. The minimum absolute atomic E-state index is 0.535. The fourth-order valence-electron chi connectivity index (χ4n) is 3.03. The fourth-order valence-corrected chi connectivity index (χ4v) is 3.03. The average molecular weight is 257 g/mol. The van der Waals surface area contributed by atoms with Crippen LogP contribution >= 0.6 is 0 Å². The molecule has 100 valence electrons. The van der Waals surface area contributed by atoms with E-state index in [0.29, 0.717) is 6.04 Å². The minimum atomic E-state index is 0.535. The van der Waals surface area contributed by atoms with Crippen molar-refractivity contribution in [3.8, 4) is 0 Å². The van der Waals surface area contributed by atoms with Crippen molar-refractivity contribution in [1.82, 2.24) is 24.2 Å². The summed E-state index contributed by atoms with van der Waals surface area (Å²) in [6, 6.07) is 3.26. The highest BCUT2D eigenvalue weighted by Gasteiger charge is 2.28. The van der Waals surface area contributed by atoms with Crippen LogP contribution in [0.5, 0.6) is 0 Å². The second-order valence-electron chi connectivity index (χ2n) is 5.69. The van der Waals surface area contributed by atoms with Gasteiger partial charge in [0, 0.05) is 44.3 Å². The van der Waals surface area contributed by atoms with Gasteiger partial charge in [-0.2, -0.15) is 5.10 Å². The van der Waals surface area contributed by atoms with Crippen LogP contribution in [0.25, 0.3) is 0 Å². The highest BCUT2D eigenvalue weighted by Crippen LogP contribution is 2.36. The first kappa shape index (κ1) is 11.2. The number of rotatable bonds is 4. The number of hydrogen-bond donors (Lipinski definition) is 0. The first-order valence-corrected chi connectivity index (χ1v) is 7.12. The maximum atomic E-state index is 4.36. The van der Waals surface area contributed by atoms with Crippen molar-refractivity contribution in [2.24, 2.45) is 0 Å². The Morgan fingerprint density at radius 3 is 2.95 bits per heavy atom. The molecule has 1 aliphatic carbocycles. The molecule has 1 aliphatic heterocycles. The summed E-state index contributed by atoms with van der Waals surface area (Å²) in [7, 11) is 0. The van der Waals surface area contributed by atoms with E-state index in [4.69, 9.17) is 0 Å². The maximum Gasteiger partial charge on any atom is 0.0951 e. The molecular formula is C14H19N5. The van der Waals surface area contributed by atoms with Gasteiger partial charge in [-0.3, -0.25) is 9.58 Å². The predicted molar refractivity (Wildman–Crippen MR) is 71.7 cm³/mol. The molecule has 1 saturated carbocycles. The molecule has 3 heterocycles. The molecule has 1 saturated heterocycles. The van der Waals surface area contributed by atoms with Gasteiger partial charge in [0.25, 0.3) is 0 Å². The number of hydrogen-bond acceptors (Lipinski definition) is 3. The quantitative estimate of drug-likeness (QED) is 0.839. The molecule has 5 heteroatoms. The molecule has 2 aromatic rings. The van der Waals surface area contributed by atoms with E-state index in [1.807, 2.05) is 24.8 Å². The van der Waals surface area contributed by atoms with Crippen molar-refractivity contribution in [1.29, 1.82) is 0 Å². The second-order valence-corrected chi connectivity index (χ2v) is 5.69. The summed E-state index contributed by atoms with van der Waals surface area (Å²) in [4.78, 5) is 6.83. The van der Waals surface area contributed by atoms with Crippen LogP contribution in [0.15, 0.2) is 31.0 Å². The normalized spacial score (nSPS) is 24.1.